The summed E-state index contributed by atoms with van der Waals surface area (Å²) < 4.78 is 0. The highest BCUT2D eigenvalue weighted by Gasteiger charge is 2.14. The van der Waals surface area contributed by atoms with E-state index in [4.69, 9.17) is 5.73 Å². The molecule has 1 aromatic rings. The summed E-state index contributed by atoms with van der Waals surface area (Å²) in [5, 5.41) is 5.24. The largest absolute Gasteiger partial charge is 0.370 e. The van der Waals surface area contributed by atoms with Gasteiger partial charge in [0.1, 0.15) is 0 Å². The number of thiazole rings is 1. The number of nitrogens with one attached hydrogen (secondary N) is 1. The summed E-state index contributed by atoms with van der Waals surface area (Å²) in [6, 6.07) is 0.532. The van der Waals surface area contributed by atoms with Crippen LogP contribution in [-0.4, -0.2) is 17.0 Å². The molecule has 1 heterocycles. The van der Waals surface area contributed by atoms with Crippen molar-refractivity contribution in [1.29, 1.82) is 0 Å². The van der Waals surface area contributed by atoms with Crippen molar-refractivity contribution in [2.45, 2.75) is 38.3 Å². The Morgan fingerprint density at radius 3 is 3.07 bits per heavy atom. The van der Waals surface area contributed by atoms with Crippen LogP contribution in [0.4, 0.5) is 0 Å². The Bertz CT molecular complexity index is 314. The van der Waals surface area contributed by atoms with E-state index >= 15 is 0 Å². The lowest BCUT2D eigenvalue weighted by Crippen LogP contribution is -2.38. The van der Waals surface area contributed by atoms with Crippen LogP contribution in [0.25, 0.3) is 0 Å². The quantitative estimate of drug-likeness (QED) is 0.604. The molecule has 3 N–H and O–H groups in total. The molecule has 0 atom stereocenters. The summed E-state index contributed by atoms with van der Waals surface area (Å²) in [4.78, 5) is 8.41. The Balaban J connectivity index is 1.79. The molecular weight excluding hydrogens is 208 g/mol. The van der Waals surface area contributed by atoms with Gasteiger partial charge in [0.25, 0.3) is 0 Å². The summed E-state index contributed by atoms with van der Waals surface area (Å²) >= 11 is 1.58. The van der Waals surface area contributed by atoms with E-state index in [1.165, 1.54) is 25.7 Å². The topological polar surface area (TPSA) is 63.3 Å². The van der Waals surface area contributed by atoms with Crippen LogP contribution in [0.15, 0.2) is 15.9 Å². The van der Waals surface area contributed by atoms with Gasteiger partial charge < -0.3 is 11.1 Å². The molecule has 1 aliphatic rings. The molecule has 0 aliphatic heterocycles. The fourth-order valence-electron chi connectivity index (χ4n) is 1.81. The van der Waals surface area contributed by atoms with E-state index < -0.39 is 0 Å². The van der Waals surface area contributed by atoms with Crippen molar-refractivity contribution in [3.63, 3.8) is 0 Å². The predicted molar refractivity (Wildman–Crippen MR) is 62.8 cm³/mol. The molecule has 1 saturated carbocycles. The number of rotatable bonds is 3. The number of aromatic nitrogens is 1. The van der Waals surface area contributed by atoms with Crippen LogP contribution in [0.5, 0.6) is 0 Å². The van der Waals surface area contributed by atoms with Crippen LogP contribution in [0.1, 0.15) is 31.4 Å². The Hall–Kier alpha value is -1.10. The SMILES string of the molecule is NC(=NCc1cscn1)NC1CCCC1. The minimum Gasteiger partial charge on any atom is -0.370 e. The van der Waals surface area contributed by atoms with Gasteiger partial charge >= 0.3 is 0 Å². The monoisotopic (exact) mass is 224 g/mol. The molecule has 82 valence electrons. The fourth-order valence-corrected chi connectivity index (χ4v) is 2.36. The lowest BCUT2D eigenvalue weighted by molar-refractivity contribution is 0.625. The van der Waals surface area contributed by atoms with Gasteiger partial charge in [0, 0.05) is 11.4 Å². The maximum absolute atomic E-state index is 5.78. The van der Waals surface area contributed by atoms with Gasteiger partial charge in [0.15, 0.2) is 5.96 Å². The van der Waals surface area contributed by atoms with E-state index in [1.807, 2.05) is 10.9 Å². The lowest BCUT2D eigenvalue weighted by Gasteiger charge is -2.11. The van der Waals surface area contributed by atoms with E-state index in [2.05, 4.69) is 15.3 Å². The number of hydrogen-bond acceptors (Lipinski definition) is 3. The minimum absolute atomic E-state index is 0.532. The lowest BCUT2D eigenvalue weighted by atomic mass is 10.2. The highest BCUT2D eigenvalue weighted by atomic mass is 32.1. The molecule has 0 radical (unpaired) electrons. The molecule has 1 fully saturated rings. The zero-order chi connectivity index (χ0) is 10.5. The van der Waals surface area contributed by atoms with Crippen LogP contribution in [-0.2, 0) is 6.54 Å². The maximum atomic E-state index is 5.78. The molecule has 2 rings (SSSR count). The Morgan fingerprint density at radius 2 is 2.40 bits per heavy atom. The van der Waals surface area contributed by atoms with E-state index in [-0.39, 0.29) is 0 Å². The highest BCUT2D eigenvalue weighted by Crippen LogP contribution is 2.17. The summed E-state index contributed by atoms with van der Waals surface area (Å²) in [5.41, 5.74) is 8.58. The highest BCUT2D eigenvalue weighted by molar-refractivity contribution is 7.07. The van der Waals surface area contributed by atoms with Gasteiger partial charge in [-0.3, -0.25) is 0 Å². The Kier molecular flexibility index (Phi) is 3.55. The molecule has 0 aromatic carbocycles. The minimum atomic E-state index is 0.532. The van der Waals surface area contributed by atoms with E-state index in [0.29, 0.717) is 18.5 Å². The number of nitrogens with zero attached hydrogens (tertiary/aromatic N) is 2. The molecule has 0 amide bonds. The summed E-state index contributed by atoms with van der Waals surface area (Å²) in [5.74, 6) is 0.551. The maximum Gasteiger partial charge on any atom is 0.189 e. The van der Waals surface area contributed by atoms with Crippen molar-refractivity contribution >= 4 is 17.3 Å². The van der Waals surface area contributed by atoms with E-state index in [1.54, 1.807) is 11.3 Å². The predicted octanol–water partition coefficient (Wildman–Crippen LogP) is 1.49. The molecule has 4 nitrogen and oxygen atoms in total. The zero-order valence-electron chi connectivity index (χ0n) is 8.65. The molecule has 0 saturated heterocycles. The number of guanidine groups is 1. The molecule has 0 spiro atoms. The van der Waals surface area contributed by atoms with Crippen molar-refractivity contribution in [2.75, 3.05) is 0 Å². The van der Waals surface area contributed by atoms with Crippen LogP contribution < -0.4 is 11.1 Å². The molecule has 0 bridgehead atoms. The summed E-state index contributed by atoms with van der Waals surface area (Å²) in [6.07, 6.45) is 5.04. The zero-order valence-corrected chi connectivity index (χ0v) is 9.46. The van der Waals surface area contributed by atoms with Crippen molar-refractivity contribution in [3.8, 4) is 0 Å². The molecular formula is C10H16N4S. The average Bonchev–Trinajstić information content (AvgIpc) is 2.86. The Labute approximate surface area is 93.6 Å². The molecule has 0 unspecified atom stereocenters. The van der Waals surface area contributed by atoms with E-state index in [9.17, 15) is 0 Å². The standard InChI is InChI=1S/C10H16N4S/c11-10(14-8-3-1-2-4-8)12-5-9-6-15-7-13-9/h6-8H,1-5H2,(H3,11,12,14). The molecule has 5 heteroatoms. The fraction of sp³-hybridized carbons (Fsp3) is 0.600. The van der Waals surface area contributed by atoms with Crippen LogP contribution in [0.3, 0.4) is 0 Å². The first-order chi connectivity index (χ1) is 7.34. The van der Waals surface area contributed by atoms with Gasteiger partial charge in [0.2, 0.25) is 0 Å². The van der Waals surface area contributed by atoms with Gasteiger partial charge in [-0.2, -0.15) is 0 Å². The number of nitrogens with two attached hydrogens (primary N) is 1. The van der Waals surface area contributed by atoms with Crippen molar-refractivity contribution in [2.24, 2.45) is 10.7 Å². The van der Waals surface area contributed by atoms with Crippen molar-refractivity contribution in [3.05, 3.63) is 16.6 Å². The third-order valence-electron chi connectivity index (χ3n) is 2.60. The van der Waals surface area contributed by atoms with Crippen LogP contribution >= 0.6 is 11.3 Å². The molecule has 1 aliphatic carbocycles. The van der Waals surface area contributed by atoms with Gasteiger partial charge in [-0.25, -0.2) is 9.98 Å². The summed E-state index contributed by atoms with van der Waals surface area (Å²) in [7, 11) is 0. The Morgan fingerprint density at radius 1 is 1.60 bits per heavy atom. The number of hydrogen-bond donors (Lipinski definition) is 2. The first kappa shape index (κ1) is 10.4. The second kappa shape index (κ2) is 5.11. The molecule has 1 aromatic heterocycles. The third-order valence-corrected chi connectivity index (χ3v) is 3.24. The van der Waals surface area contributed by atoms with Gasteiger partial charge in [-0.15, -0.1) is 11.3 Å². The summed E-state index contributed by atoms with van der Waals surface area (Å²) in [6.45, 7) is 0.578. The number of aliphatic imine (C=N–C) groups is 1. The van der Waals surface area contributed by atoms with Crippen LogP contribution in [0, 0.1) is 0 Å². The van der Waals surface area contributed by atoms with Crippen LogP contribution in [0.2, 0.25) is 0 Å². The first-order valence-corrected chi connectivity index (χ1v) is 6.22. The van der Waals surface area contributed by atoms with Gasteiger partial charge in [0.05, 0.1) is 17.7 Å². The van der Waals surface area contributed by atoms with E-state index in [0.717, 1.165) is 5.69 Å². The van der Waals surface area contributed by atoms with Gasteiger partial charge in [-0.05, 0) is 12.8 Å². The normalized spacial score (nSPS) is 18.3. The molecule has 15 heavy (non-hydrogen) atoms. The smallest absolute Gasteiger partial charge is 0.189 e. The van der Waals surface area contributed by atoms with Crippen molar-refractivity contribution < 1.29 is 0 Å². The second-order valence-corrected chi connectivity index (χ2v) is 4.53. The van der Waals surface area contributed by atoms with Crippen molar-refractivity contribution in [1.82, 2.24) is 10.3 Å². The first-order valence-electron chi connectivity index (χ1n) is 5.28. The second-order valence-electron chi connectivity index (χ2n) is 3.81. The van der Waals surface area contributed by atoms with Gasteiger partial charge in [-0.1, -0.05) is 12.8 Å². The third kappa shape index (κ3) is 3.20. The average molecular weight is 224 g/mol.